The molecule has 1 N–H and O–H groups in total. The number of benzene rings is 2. The van der Waals surface area contributed by atoms with E-state index in [-0.39, 0.29) is 34.6 Å². The highest BCUT2D eigenvalue weighted by Crippen LogP contribution is 2.37. The number of amides is 1. The quantitative estimate of drug-likeness (QED) is 0.479. The predicted molar refractivity (Wildman–Crippen MR) is 107 cm³/mol. The van der Waals surface area contributed by atoms with Gasteiger partial charge in [-0.1, -0.05) is 36.4 Å². The minimum absolute atomic E-state index is 0.0138. The van der Waals surface area contributed by atoms with Gasteiger partial charge in [0.25, 0.3) is 5.91 Å². The zero-order valence-corrected chi connectivity index (χ0v) is 16.2. The third-order valence-electron chi connectivity index (χ3n) is 4.86. The summed E-state index contributed by atoms with van der Waals surface area (Å²) >= 11 is 0. The van der Waals surface area contributed by atoms with Crippen molar-refractivity contribution in [3.05, 3.63) is 83.3 Å². The molecule has 1 amide bonds. The third-order valence-corrected chi connectivity index (χ3v) is 4.86. The van der Waals surface area contributed by atoms with E-state index in [9.17, 15) is 22.4 Å². The molecule has 2 aromatic carbocycles. The first-order valence-corrected chi connectivity index (χ1v) is 9.26. The molecule has 0 bridgehead atoms. The second-order valence-corrected chi connectivity index (χ2v) is 6.88. The van der Waals surface area contributed by atoms with Gasteiger partial charge in [0.05, 0.1) is 28.4 Å². The molecular formula is C22H16F4N4O. The maximum atomic E-state index is 13.9. The van der Waals surface area contributed by atoms with Crippen LogP contribution in [0.3, 0.4) is 0 Å². The average Bonchev–Trinajstić information content (AvgIpc) is 3.12. The molecule has 0 saturated carbocycles. The van der Waals surface area contributed by atoms with Crippen LogP contribution in [0.5, 0.6) is 0 Å². The van der Waals surface area contributed by atoms with E-state index in [4.69, 9.17) is 0 Å². The minimum atomic E-state index is -4.59. The molecule has 0 radical (unpaired) electrons. The molecule has 2 aromatic heterocycles. The van der Waals surface area contributed by atoms with Gasteiger partial charge in [0.15, 0.2) is 5.65 Å². The van der Waals surface area contributed by atoms with Crippen LogP contribution in [0, 0.1) is 5.82 Å². The number of rotatable bonds is 4. The second kappa shape index (κ2) is 7.82. The van der Waals surface area contributed by atoms with Crippen molar-refractivity contribution >= 4 is 16.9 Å². The molecule has 0 aliphatic heterocycles. The molecule has 4 rings (SSSR count). The number of nitrogens with one attached hydrogen (secondary N) is 1. The number of carbonyl (C=O) groups excluding carboxylic acids is 1. The van der Waals surface area contributed by atoms with Crippen molar-refractivity contribution in [2.75, 3.05) is 0 Å². The van der Waals surface area contributed by atoms with Crippen molar-refractivity contribution in [3.8, 4) is 11.3 Å². The van der Waals surface area contributed by atoms with Gasteiger partial charge in [0.1, 0.15) is 5.82 Å². The average molecular weight is 428 g/mol. The molecule has 0 spiro atoms. The topological polar surface area (TPSA) is 59.8 Å². The maximum Gasteiger partial charge on any atom is 0.417 e. The molecule has 0 saturated heterocycles. The Bertz CT molecular complexity index is 1280. The van der Waals surface area contributed by atoms with Crippen LogP contribution in [0.4, 0.5) is 17.6 Å². The molecule has 0 atom stereocenters. The van der Waals surface area contributed by atoms with Crippen LogP contribution in [-0.4, -0.2) is 20.7 Å². The van der Waals surface area contributed by atoms with Gasteiger partial charge >= 0.3 is 6.18 Å². The van der Waals surface area contributed by atoms with Crippen LogP contribution in [-0.2, 0) is 19.8 Å². The molecule has 5 nitrogen and oxygen atoms in total. The number of fused-ring (bicyclic) bond motifs is 1. The first kappa shape index (κ1) is 20.5. The maximum absolute atomic E-state index is 13.9. The monoisotopic (exact) mass is 428 g/mol. The summed E-state index contributed by atoms with van der Waals surface area (Å²) in [4.78, 5) is 17.2. The fourth-order valence-electron chi connectivity index (χ4n) is 3.31. The number of nitrogens with zero attached hydrogens (tertiary/aromatic N) is 3. The number of pyridine rings is 1. The Labute approximate surface area is 174 Å². The Morgan fingerprint density at radius 1 is 1.10 bits per heavy atom. The highest BCUT2D eigenvalue weighted by molar-refractivity contribution is 6.06. The highest BCUT2D eigenvalue weighted by Gasteiger charge is 2.34. The van der Waals surface area contributed by atoms with Crippen molar-refractivity contribution in [2.45, 2.75) is 12.7 Å². The first-order chi connectivity index (χ1) is 14.8. The molecule has 9 heteroatoms. The zero-order valence-electron chi connectivity index (χ0n) is 16.2. The van der Waals surface area contributed by atoms with E-state index in [0.717, 1.165) is 6.07 Å². The zero-order chi connectivity index (χ0) is 22.2. The van der Waals surface area contributed by atoms with Gasteiger partial charge in [-0.15, -0.1) is 0 Å². The smallest absolute Gasteiger partial charge is 0.348 e. The van der Waals surface area contributed by atoms with E-state index in [1.54, 1.807) is 13.1 Å². The summed E-state index contributed by atoms with van der Waals surface area (Å²) in [5.74, 6) is -1.04. The van der Waals surface area contributed by atoms with Gasteiger partial charge in [0.2, 0.25) is 0 Å². The number of alkyl halides is 3. The minimum Gasteiger partial charge on any atom is -0.348 e. The number of halogens is 4. The van der Waals surface area contributed by atoms with Crippen LogP contribution >= 0.6 is 0 Å². The van der Waals surface area contributed by atoms with Gasteiger partial charge in [-0.3, -0.25) is 9.48 Å². The Morgan fingerprint density at radius 2 is 1.81 bits per heavy atom. The van der Waals surface area contributed by atoms with Gasteiger partial charge in [-0.2, -0.15) is 18.3 Å². The summed E-state index contributed by atoms with van der Waals surface area (Å²) in [5.41, 5.74) is -0.384. The molecule has 0 unspecified atom stereocenters. The number of hydrogen-bond donors (Lipinski definition) is 1. The lowest BCUT2D eigenvalue weighted by molar-refractivity contribution is -0.137. The lowest BCUT2D eigenvalue weighted by atomic mass is 10.0. The molecule has 158 valence electrons. The van der Waals surface area contributed by atoms with E-state index in [2.05, 4.69) is 15.4 Å². The lowest BCUT2D eigenvalue weighted by Crippen LogP contribution is -2.23. The van der Waals surface area contributed by atoms with E-state index >= 15 is 0 Å². The summed E-state index contributed by atoms with van der Waals surface area (Å²) in [6, 6.07) is 12.3. The Kier molecular flexibility index (Phi) is 5.18. The van der Waals surface area contributed by atoms with Crippen molar-refractivity contribution in [1.29, 1.82) is 0 Å². The van der Waals surface area contributed by atoms with Crippen LogP contribution in [0.1, 0.15) is 21.5 Å². The molecule has 0 aliphatic rings. The second-order valence-electron chi connectivity index (χ2n) is 6.88. The van der Waals surface area contributed by atoms with Crippen molar-refractivity contribution in [2.24, 2.45) is 7.05 Å². The molecule has 4 aromatic rings. The fourth-order valence-corrected chi connectivity index (χ4v) is 3.31. The summed E-state index contributed by atoms with van der Waals surface area (Å²) < 4.78 is 55.8. The molecule has 2 heterocycles. The molecule has 31 heavy (non-hydrogen) atoms. The van der Waals surface area contributed by atoms with Gasteiger partial charge < -0.3 is 5.32 Å². The van der Waals surface area contributed by atoms with E-state index < -0.39 is 23.5 Å². The largest absolute Gasteiger partial charge is 0.417 e. The van der Waals surface area contributed by atoms with Crippen LogP contribution in [0.15, 0.2) is 60.8 Å². The van der Waals surface area contributed by atoms with Crippen molar-refractivity contribution < 1.29 is 22.4 Å². The van der Waals surface area contributed by atoms with Gasteiger partial charge in [0, 0.05) is 24.7 Å². The molecular weight excluding hydrogens is 412 g/mol. The summed E-state index contributed by atoms with van der Waals surface area (Å²) in [7, 11) is 1.58. The summed E-state index contributed by atoms with van der Waals surface area (Å²) in [6.45, 7) is -0.0793. The third kappa shape index (κ3) is 3.98. The van der Waals surface area contributed by atoms with Crippen molar-refractivity contribution in [1.82, 2.24) is 20.1 Å². The Hall–Kier alpha value is -3.75. The van der Waals surface area contributed by atoms with Crippen LogP contribution in [0.25, 0.3) is 22.3 Å². The molecule has 0 fully saturated rings. The summed E-state index contributed by atoms with van der Waals surface area (Å²) in [6.07, 6.45) is -3.17. The van der Waals surface area contributed by atoms with Crippen molar-refractivity contribution in [3.63, 3.8) is 0 Å². The van der Waals surface area contributed by atoms with E-state index in [1.165, 1.54) is 53.3 Å². The SMILES string of the molecule is Cn1ncc2c(C(=O)NCc3ccccc3F)cc(-c3ccccc3C(F)(F)F)nc21. The summed E-state index contributed by atoms with van der Waals surface area (Å²) in [5, 5.41) is 7.06. The number of carbonyl (C=O) groups is 1. The lowest BCUT2D eigenvalue weighted by Gasteiger charge is -2.14. The van der Waals surface area contributed by atoms with Gasteiger partial charge in [-0.25, -0.2) is 9.37 Å². The van der Waals surface area contributed by atoms with Crippen LogP contribution < -0.4 is 5.32 Å². The molecule has 0 aliphatic carbocycles. The number of hydrogen-bond acceptors (Lipinski definition) is 3. The van der Waals surface area contributed by atoms with Crippen LogP contribution in [0.2, 0.25) is 0 Å². The normalized spacial score (nSPS) is 11.6. The fraction of sp³-hybridized carbons (Fsp3) is 0.136. The Morgan fingerprint density at radius 3 is 2.55 bits per heavy atom. The van der Waals surface area contributed by atoms with Gasteiger partial charge in [-0.05, 0) is 18.2 Å². The Balaban J connectivity index is 1.78. The standard InChI is InChI=1S/C22H16F4N4O/c1-30-20-16(12-28-30)15(21(31)27-11-13-6-2-5-9-18(13)23)10-19(29-20)14-7-3-4-8-17(14)22(24,25)26/h2-10,12H,11H2,1H3,(H,27,31). The first-order valence-electron chi connectivity index (χ1n) is 9.26. The highest BCUT2D eigenvalue weighted by atomic mass is 19.4. The predicted octanol–water partition coefficient (Wildman–Crippen LogP) is 4.72. The van der Waals surface area contributed by atoms with E-state index in [1.807, 2.05) is 0 Å². The number of aromatic nitrogens is 3. The van der Waals surface area contributed by atoms with E-state index in [0.29, 0.717) is 5.39 Å². The number of aryl methyl sites for hydroxylation is 1.